The van der Waals surface area contributed by atoms with Crippen LogP contribution in [0.25, 0.3) is 10.8 Å². The van der Waals surface area contributed by atoms with Gasteiger partial charge in [-0.3, -0.25) is 9.59 Å². The average Bonchev–Trinajstić information content (AvgIpc) is 2.81. The molecule has 3 aromatic rings. The molecular weight excluding hydrogens is 475 g/mol. The Bertz CT molecular complexity index is 1290. The maximum absolute atomic E-state index is 13.8. The number of carboxylic acid groups (broad SMARTS) is 1. The van der Waals surface area contributed by atoms with Gasteiger partial charge in [-0.2, -0.15) is 5.26 Å². The van der Waals surface area contributed by atoms with Crippen molar-refractivity contribution in [3.63, 3.8) is 0 Å². The fourth-order valence-corrected chi connectivity index (χ4v) is 4.28. The lowest BCUT2D eigenvalue weighted by Crippen LogP contribution is -2.42. The first kappa shape index (κ1) is 25.2. The van der Waals surface area contributed by atoms with E-state index in [2.05, 4.69) is 6.07 Å². The Morgan fingerprint density at radius 1 is 1.12 bits per heavy atom. The summed E-state index contributed by atoms with van der Waals surface area (Å²) in [5.41, 5.74) is 1.32. The minimum absolute atomic E-state index is 0.0785. The fraction of sp³-hybridized carbons (Fsp3) is 0.231. The molecule has 8 heteroatoms. The smallest absolute Gasteiger partial charge is 0.305 e. The van der Waals surface area contributed by atoms with Crippen molar-refractivity contribution in [3.05, 3.63) is 81.3 Å². The molecule has 0 fully saturated rings. The summed E-state index contributed by atoms with van der Waals surface area (Å²) in [6.45, 7) is 1.73. The highest BCUT2D eigenvalue weighted by molar-refractivity contribution is 6.42. The number of hydrogen-bond acceptors (Lipinski definition) is 4. The number of hydrogen-bond donors (Lipinski definition) is 1. The molecule has 3 rings (SSSR count). The number of fused-ring (bicyclic) bond motifs is 1. The number of carbonyl (C=O) groups is 3. The maximum atomic E-state index is 13.8. The Labute approximate surface area is 207 Å². The third kappa shape index (κ3) is 5.74. The van der Waals surface area contributed by atoms with E-state index >= 15 is 0 Å². The van der Waals surface area contributed by atoms with E-state index in [1.165, 1.54) is 11.0 Å². The quantitative estimate of drug-likeness (QED) is 0.383. The lowest BCUT2D eigenvalue weighted by molar-refractivity contribution is -0.138. The molecule has 0 heterocycles. The van der Waals surface area contributed by atoms with E-state index in [4.69, 9.17) is 23.2 Å². The second-order valence-electron chi connectivity index (χ2n) is 8.03. The minimum atomic E-state index is -1.05. The summed E-state index contributed by atoms with van der Waals surface area (Å²) in [5, 5.41) is 20.9. The highest BCUT2D eigenvalue weighted by Gasteiger charge is 2.28. The minimum Gasteiger partial charge on any atom is -0.481 e. The van der Waals surface area contributed by atoms with E-state index in [1.807, 2.05) is 12.1 Å². The molecule has 0 aliphatic heterocycles. The number of rotatable bonds is 9. The lowest BCUT2D eigenvalue weighted by Gasteiger charge is -2.32. The van der Waals surface area contributed by atoms with E-state index in [1.54, 1.807) is 43.3 Å². The highest BCUT2D eigenvalue weighted by atomic mass is 35.5. The summed E-state index contributed by atoms with van der Waals surface area (Å²) in [5.74, 6) is -1.90. The van der Waals surface area contributed by atoms with Crippen molar-refractivity contribution in [2.45, 2.75) is 31.7 Å². The van der Waals surface area contributed by atoms with E-state index in [-0.39, 0.29) is 19.4 Å². The van der Waals surface area contributed by atoms with Gasteiger partial charge in [0.2, 0.25) is 0 Å². The molecule has 0 spiro atoms. The standard InChI is InChI=1S/C26H22Cl2N2O4/c1-16(10-25(32)33)30(15-20(8-9-31)18-6-7-23(27)24(28)13-18)26(34)22-12-17(14-29)11-19-4-2-3-5-21(19)22/h2-7,9,11-13,16,20H,8,10,15H2,1H3,(H,32,33). The molecule has 2 unspecified atom stereocenters. The molecular formula is C26H22Cl2N2O4. The summed E-state index contributed by atoms with van der Waals surface area (Å²) < 4.78 is 0. The maximum Gasteiger partial charge on any atom is 0.305 e. The van der Waals surface area contributed by atoms with Crippen LogP contribution in [-0.4, -0.2) is 40.8 Å². The predicted molar refractivity (Wildman–Crippen MR) is 131 cm³/mol. The molecule has 1 amide bonds. The zero-order chi connectivity index (χ0) is 24.8. The van der Waals surface area contributed by atoms with Crippen molar-refractivity contribution in [2.24, 2.45) is 0 Å². The van der Waals surface area contributed by atoms with Crippen LogP contribution in [0.15, 0.2) is 54.6 Å². The molecule has 0 radical (unpaired) electrons. The Balaban J connectivity index is 2.08. The molecule has 0 aliphatic carbocycles. The van der Waals surface area contributed by atoms with Gasteiger partial charge in [0.15, 0.2) is 0 Å². The zero-order valence-electron chi connectivity index (χ0n) is 18.4. The molecule has 1 N–H and O–H groups in total. The van der Waals surface area contributed by atoms with E-state index in [9.17, 15) is 24.8 Å². The number of aliphatic carboxylic acids is 1. The predicted octanol–water partition coefficient (Wildman–Crippen LogP) is 5.70. The summed E-state index contributed by atoms with van der Waals surface area (Å²) in [4.78, 5) is 38.2. The van der Waals surface area contributed by atoms with Crippen LogP contribution in [0.5, 0.6) is 0 Å². The number of nitriles is 1. The van der Waals surface area contributed by atoms with Gasteiger partial charge in [0.1, 0.15) is 6.29 Å². The second kappa shape index (κ2) is 11.1. The summed E-state index contributed by atoms with van der Waals surface area (Å²) in [7, 11) is 0. The number of nitrogens with zero attached hydrogens (tertiary/aromatic N) is 2. The van der Waals surface area contributed by atoms with Gasteiger partial charge in [0, 0.05) is 30.5 Å². The fourth-order valence-electron chi connectivity index (χ4n) is 3.97. The molecule has 3 aromatic carbocycles. The molecule has 174 valence electrons. The van der Waals surface area contributed by atoms with Crippen molar-refractivity contribution in [1.29, 1.82) is 5.26 Å². The third-order valence-corrected chi connectivity index (χ3v) is 6.44. The van der Waals surface area contributed by atoms with Gasteiger partial charge < -0.3 is 14.8 Å². The Hall–Kier alpha value is -3.40. The van der Waals surface area contributed by atoms with Crippen molar-refractivity contribution < 1.29 is 19.5 Å². The molecule has 0 saturated heterocycles. The largest absolute Gasteiger partial charge is 0.481 e. The summed E-state index contributed by atoms with van der Waals surface area (Å²) in [6.07, 6.45) is 0.570. The summed E-state index contributed by atoms with van der Waals surface area (Å²) in [6, 6.07) is 16.8. The lowest BCUT2D eigenvalue weighted by atomic mass is 9.93. The number of carbonyl (C=O) groups excluding carboxylic acids is 2. The molecule has 0 bridgehead atoms. The van der Waals surface area contributed by atoms with Crippen molar-refractivity contribution in [3.8, 4) is 6.07 Å². The van der Waals surface area contributed by atoms with Crippen LogP contribution in [0, 0.1) is 11.3 Å². The first-order valence-electron chi connectivity index (χ1n) is 10.6. The van der Waals surface area contributed by atoms with Gasteiger partial charge in [0.05, 0.1) is 28.1 Å². The Morgan fingerprint density at radius 3 is 2.50 bits per heavy atom. The van der Waals surface area contributed by atoms with Gasteiger partial charge >= 0.3 is 5.97 Å². The second-order valence-corrected chi connectivity index (χ2v) is 8.85. The number of aldehydes is 1. The molecule has 0 saturated carbocycles. The molecule has 2 atom stereocenters. The number of halogens is 2. The monoisotopic (exact) mass is 496 g/mol. The first-order chi connectivity index (χ1) is 16.2. The van der Waals surface area contributed by atoms with Crippen LogP contribution < -0.4 is 0 Å². The highest BCUT2D eigenvalue weighted by Crippen LogP contribution is 2.30. The molecule has 34 heavy (non-hydrogen) atoms. The average molecular weight is 497 g/mol. The Morgan fingerprint density at radius 2 is 1.85 bits per heavy atom. The zero-order valence-corrected chi connectivity index (χ0v) is 19.9. The summed E-state index contributed by atoms with van der Waals surface area (Å²) >= 11 is 12.2. The van der Waals surface area contributed by atoms with Crippen LogP contribution in [0.3, 0.4) is 0 Å². The molecule has 0 aliphatic rings. The normalized spacial score (nSPS) is 12.5. The van der Waals surface area contributed by atoms with Gasteiger partial charge in [-0.1, -0.05) is 53.5 Å². The van der Waals surface area contributed by atoms with Crippen LogP contribution in [0.2, 0.25) is 10.0 Å². The third-order valence-electron chi connectivity index (χ3n) is 5.70. The topological polar surface area (TPSA) is 98.5 Å². The van der Waals surface area contributed by atoms with E-state index in [0.717, 1.165) is 11.7 Å². The van der Waals surface area contributed by atoms with Crippen LogP contribution in [-0.2, 0) is 9.59 Å². The molecule has 6 nitrogen and oxygen atoms in total. The van der Waals surface area contributed by atoms with Gasteiger partial charge in [0.25, 0.3) is 5.91 Å². The van der Waals surface area contributed by atoms with Crippen LogP contribution in [0.1, 0.15) is 47.2 Å². The van der Waals surface area contributed by atoms with Gasteiger partial charge in [-0.15, -0.1) is 0 Å². The SMILES string of the molecule is CC(CC(=O)O)N(CC(CC=O)c1ccc(Cl)c(Cl)c1)C(=O)c1cc(C#N)cc2ccccc12. The first-order valence-corrected chi connectivity index (χ1v) is 11.3. The van der Waals surface area contributed by atoms with E-state index in [0.29, 0.717) is 32.1 Å². The van der Waals surface area contributed by atoms with Crippen molar-refractivity contribution in [2.75, 3.05) is 6.54 Å². The van der Waals surface area contributed by atoms with Crippen LogP contribution in [0.4, 0.5) is 0 Å². The Kier molecular flexibility index (Phi) is 8.27. The van der Waals surface area contributed by atoms with Crippen molar-refractivity contribution in [1.82, 2.24) is 4.90 Å². The molecule has 0 aromatic heterocycles. The van der Waals surface area contributed by atoms with E-state index < -0.39 is 23.8 Å². The van der Waals surface area contributed by atoms with Gasteiger partial charge in [-0.25, -0.2) is 0 Å². The number of benzene rings is 3. The van der Waals surface area contributed by atoms with Crippen molar-refractivity contribution >= 4 is 52.1 Å². The van der Waals surface area contributed by atoms with Gasteiger partial charge in [-0.05, 0) is 47.5 Å². The van der Waals surface area contributed by atoms with Crippen LogP contribution >= 0.6 is 23.2 Å². The number of amides is 1. The number of carboxylic acids is 1.